The second-order valence-electron chi connectivity index (χ2n) is 5.84. The molecule has 0 amide bonds. The average Bonchev–Trinajstić information content (AvgIpc) is 3.07. The van der Waals surface area contributed by atoms with Crippen LogP contribution in [-0.4, -0.2) is 23.8 Å². The Hall–Kier alpha value is -2.04. The van der Waals surface area contributed by atoms with E-state index in [0.717, 1.165) is 31.0 Å². The molecule has 1 aliphatic carbocycles. The zero-order valence-corrected chi connectivity index (χ0v) is 12.2. The van der Waals surface area contributed by atoms with E-state index in [9.17, 15) is 0 Å². The average molecular weight is 285 g/mol. The van der Waals surface area contributed by atoms with Gasteiger partial charge in [-0.1, -0.05) is 17.3 Å². The molecular weight excluding hydrogens is 266 g/mol. The summed E-state index contributed by atoms with van der Waals surface area (Å²) in [4.78, 5) is 6.82. The SMILES string of the molecule is COc1cccc([C@H]2CCCN2c2nc(C3CC3)no2)c1. The fourth-order valence-electron chi connectivity index (χ4n) is 3.04. The Morgan fingerprint density at radius 2 is 2.19 bits per heavy atom. The lowest BCUT2D eigenvalue weighted by Crippen LogP contribution is -2.22. The van der Waals surface area contributed by atoms with Crippen molar-refractivity contribution in [2.24, 2.45) is 0 Å². The van der Waals surface area contributed by atoms with Crippen molar-refractivity contribution in [3.05, 3.63) is 35.7 Å². The summed E-state index contributed by atoms with van der Waals surface area (Å²) in [6, 6.07) is 9.22. The maximum atomic E-state index is 5.49. The highest BCUT2D eigenvalue weighted by atomic mass is 16.5. The highest BCUT2D eigenvalue weighted by molar-refractivity contribution is 5.39. The lowest BCUT2D eigenvalue weighted by molar-refractivity contribution is 0.402. The maximum absolute atomic E-state index is 5.49. The quantitative estimate of drug-likeness (QED) is 0.862. The molecule has 1 saturated carbocycles. The number of methoxy groups -OCH3 is 1. The Kier molecular flexibility index (Phi) is 3.05. The van der Waals surface area contributed by atoms with Crippen molar-refractivity contribution < 1.29 is 9.26 Å². The fraction of sp³-hybridized carbons (Fsp3) is 0.500. The first kappa shape index (κ1) is 12.7. The van der Waals surface area contributed by atoms with Crippen molar-refractivity contribution in [1.82, 2.24) is 10.1 Å². The van der Waals surface area contributed by atoms with E-state index in [1.807, 2.05) is 12.1 Å². The molecule has 2 fully saturated rings. The van der Waals surface area contributed by atoms with Gasteiger partial charge in [-0.25, -0.2) is 0 Å². The standard InChI is InChI=1S/C16H19N3O2/c1-20-13-5-2-4-12(10-13)14-6-3-9-19(14)16-17-15(18-21-16)11-7-8-11/h2,4-5,10-11,14H,3,6-9H2,1H3/t14-/m1/s1. The van der Waals surface area contributed by atoms with Crippen molar-refractivity contribution in [3.63, 3.8) is 0 Å². The number of hydrogen-bond donors (Lipinski definition) is 0. The van der Waals surface area contributed by atoms with Crippen LogP contribution in [0.15, 0.2) is 28.8 Å². The molecular formula is C16H19N3O2. The molecule has 5 nitrogen and oxygen atoms in total. The molecule has 0 bridgehead atoms. The van der Waals surface area contributed by atoms with Crippen LogP contribution in [0.1, 0.15) is 49.0 Å². The number of nitrogens with zero attached hydrogens (tertiary/aromatic N) is 3. The number of anilines is 1. The molecule has 0 unspecified atom stereocenters. The smallest absolute Gasteiger partial charge is 0.324 e. The number of ether oxygens (including phenoxy) is 1. The van der Waals surface area contributed by atoms with Gasteiger partial charge in [0.25, 0.3) is 0 Å². The maximum Gasteiger partial charge on any atom is 0.324 e. The lowest BCUT2D eigenvalue weighted by atomic mass is 10.0. The van der Waals surface area contributed by atoms with Gasteiger partial charge >= 0.3 is 6.01 Å². The normalized spacial score (nSPS) is 21.8. The largest absolute Gasteiger partial charge is 0.497 e. The van der Waals surface area contributed by atoms with Crippen molar-refractivity contribution in [3.8, 4) is 5.75 Å². The number of benzene rings is 1. The van der Waals surface area contributed by atoms with Gasteiger partial charge in [0.05, 0.1) is 13.2 Å². The van der Waals surface area contributed by atoms with Crippen molar-refractivity contribution in [1.29, 1.82) is 0 Å². The number of rotatable bonds is 4. The summed E-state index contributed by atoms with van der Waals surface area (Å²) in [6.45, 7) is 0.966. The molecule has 110 valence electrons. The van der Waals surface area contributed by atoms with E-state index in [4.69, 9.17) is 9.26 Å². The van der Waals surface area contributed by atoms with E-state index in [1.54, 1.807) is 7.11 Å². The Morgan fingerprint density at radius 3 is 3.00 bits per heavy atom. The Bertz CT molecular complexity index is 636. The minimum absolute atomic E-state index is 0.299. The molecule has 1 aromatic heterocycles. The van der Waals surface area contributed by atoms with Crippen LogP contribution in [0.25, 0.3) is 0 Å². The third-order valence-electron chi connectivity index (χ3n) is 4.35. The summed E-state index contributed by atoms with van der Waals surface area (Å²) in [7, 11) is 1.70. The Labute approximate surface area is 123 Å². The second-order valence-corrected chi connectivity index (χ2v) is 5.84. The van der Waals surface area contributed by atoms with Gasteiger partial charge in [0.2, 0.25) is 0 Å². The molecule has 2 heterocycles. The summed E-state index contributed by atoms with van der Waals surface area (Å²) in [5.41, 5.74) is 1.25. The number of hydrogen-bond acceptors (Lipinski definition) is 5. The van der Waals surface area contributed by atoms with Gasteiger partial charge < -0.3 is 14.2 Å². The minimum Gasteiger partial charge on any atom is -0.497 e. The van der Waals surface area contributed by atoms with E-state index in [-0.39, 0.29) is 0 Å². The summed E-state index contributed by atoms with van der Waals surface area (Å²) >= 11 is 0. The van der Waals surface area contributed by atoms with Crippen LogP contribution in [0.2, 0.25) is 0 Å². The van der Waals surface area contributed by atoms with Crippen LogP contribution < -0.4 is 9.64 Å². The van der Waals surface area contributed by atoms with Crippen LogP contribution in [0.3, 0.4) is 0 Å². The number of aromatic nitrogens is 2. The minimum atomic E-state index is 0.299. The van der Waals surface area contributed by atoms with Gasteiger partial charge in [-0.3, -0.25) is 0 Å². The summed E-state index contributed by atoms with van der Waals surface area (Å²) < 4.78 is 10.8. The van der Waals surface area contributed by atoms with Crippen LogP contribution in [0.5, 0.6) is 5.75 Å². The summed E-state index contributed by atoms with van der Waals surface area (Å²) in [5, 5.41) is 4.13. The first-order valence-corrected chi connectivity index (χ1v) is 7.59. The van der Waals surface area contributed by atoms with Gasteiger partial charge in [0, 0.05) is 12.5 Å². The molecule has 2 aliphatic rings. The Morgan fingerprint density at radius 1 is 1.29 bits per heavy atom. The van der Waals surface area contributed by atoms with E-state index in [0.29, 0.717) is 18.0 Å². The van der Waals surface area contributed by atoms with E-state index in [1.165, 1.54) is 18.4 Å². The summed E-state index contributed by atoms with van der Waals surface area (Å²) in [5.74, 6) is 2.30. The third kappa shape index (κ3) is 2.37. The predicted molar refractivity (Wildman–Crippen MR) is 78.6 cm³/mol. The van der Waals surface area contributed by atoms with E-state index in [2.05, 4.69) is 27.2 Å². The van der Waals surface area contributed by atoms with E-state index >= 15 is 0 Å². The first-order chi connectivity index (χ1) is 10.3. The highest BCUT2D eigenvalue weighted by Gasteiger charge is 2.33. The van der Waals surface area contributed by atoms with Gasteiger partial charge in [-0.15, -0.1) is 0 Å². The predicted octanol–water partition coefficient (Wildman–Crippen LogP) is 3.30. The van der Waals surface area contributed by atoms with Crippen LogP contribution in [0, 0.1) is 0 Å². The molecule has 21 heavy (non-hydrogen) atoms. The summed E-state index contributed by atoms with van der Waals surface area (Å²) in [6.07, 6.45) is 4.63. The topological polar surface area (TPSA) is 51.4 Å². The molecule has 5 heteroatoms. The molecule has 2 aromatic rings. The van der Waals surface area contributed by atoms with Crippen LogP contribution in [0.4, 0.5) is 6.01 Å². The highest BCUT2D eigenvalue weighted by Crippen LogP contribution is 2.41. The fourth-order valence-corrected chi connectivity index (χ4v) is 3.04. The molecule has 1 atom stereocenters. The van der Waals surface area contributed by atoms with Crippen molar-refractivity contribution in [2.75, 3.05) is 18.6 Å². The molecule has 0 N–H and O–H groups in total. The zero-order chi connectivity index (χ0) is 14.2. The zero-order valence-electron chi connectivity index (χ0n) is 12.2. The third-order valence-corrected chi connectivity index (χ3v) is 4.35. The monoisotopic (exact) mass is 285 g/mol. The molecule has 1 aromatic carbocycles. The van der Waals surface area contributed by atoms with Crippen molar-refractivity contribution in [2.45, 2.75) is 37.6 Å². The van der Waals surface area contributed by atoms with Crippen molar-refractivity contribution >= 4 is 6.01 Å². The van der Waals surface area contributed by atoms with Gasteiger partial charge in [0.15, 0.2) is 5.82 Å². The molecule has 0 radical (unpaired) electrons. The molecule has 4 rings (SSSR count). The second kappa shape index (κ2) is 5.06. The van der Waals surface area contributed by atoms with Crippen LogP contribution in [-0.2, 0) is 0 Å². The Balaban J connectivity index is 1.61. The van der Waals surface area contributed by atoms with Gasteiger partial charge in [0.1, 0.15) is 5.75 Å². The van der Waals surface area contributed by atoms with Gasteiger partial charge in [-0.05, 0) is 43.4 Å². The van der Waals surface area contributed by atoms with E-state index < -0.39 is 0 Å². The molecule has 1 saturated heterocycles. The van der Waals surface area contributed by atoms with Gasteiger partial charge in [-0.2, -0.15) is 4.98 Å². The molecule has 1 aliphatic heterocycles. The van der Waals surface area contributed by atoms with Crippen LogP contribution >= 0.6 is 0 Å². The molecule has 0 spiro atoms. The lowest BCUT2D eigenvalue weighted by Gasteiger charge is -2.22. The first-order valence-electron chi connectivity index (χ1n) is 7.59.